The highest BCUT2D eigenvalue weighted by atomic mass is 16.6. The van der Waals surface area contributed by atoms with E-state index >= 15 is 0 Å². The summed E-state index contributed by atoms with van der Waals surface area (Å²) in [4.78, 5) is 47.1. The van der Waals surface area contributed by atoms with Gasteiger partial charge in [-0.25, -0.2) is 9.59 Å². The number of aromatic nitrogens is 1. The molecule has 8 rings (SSSR count). The predicted molar refractivity (Wildman–Crippen MR) is 233 cm³/mol. The fourth-order valence-electron chi connectivity index (χ4n) is 7.76. The topological polar surface area (TPSA) is 201 Å². The number of aliphatic imine (C=N–C) groups is 1. The fourth-order valence-corrected chi connectivity index (χ4v) is 7.76. The van der Waals surface area contributed by atoms with Crippen LogP contribution in [0, 0.1) is 5.92 Å². The molecule has 4 aromatic carbocycles. The zero-order valence-electron chi connectivity index (χ0n) is 33.9. The van der Waals surface area contributed by atoms with Gasteiger partial charge in [0.05, 0.1) is 23.2 Å². The molecule has 3 saturated heterocycles. The smallest absolute Gasteiger partial charge is 0.408 e. The second kappa shape index (κ2) is 20.7. The number of hydrogen-bond acceptors (Lipinski definition) is 12. The van der Waals surface area contributed by atoms with Crippen molar-refractivity contribution in [3.8, 4) is 11.5 Å². The van der Waals surface area contributed by atoms with Crippen molar-refractivity contribution in [1.82, 2.24) is 20.5 Å². The number of phenols is 1. The molecule has 3 fully saturated rings. The molecular formula is C47H52N6O8. The molecule has 14 heteroatoms. The zero-order chi connectivity index (χ0) is 42.6. The number of aliphatic hydroxyl groups is 1. The number of nitrogens with zero attached hydrogens (tertiary/aromatic N) is 2. The minimum absolute atomic E-state index is 0.0490. The van der Waals surface area contributed by atoms with Gasteiger partial charge in [0.25, 0.3) is 0 Å². The number of pyridine rings is 1. The number of nitrogens with one attached hydrogen (secondary N) is 3. The number of carbonyl (C=O) groups excluding carboxylic acids is 2. The average Bonchev–Trinajstić information content (AvgIpc) is 3.29. The Labute approximate surface area is 354 Å². The molecule has 3 atom stereocenters. The second-order valence-corrected chi connectivity index (χ2v) is 15.3. The van der Waals surface area contributed by atoms with Gasteiger partial charge in [0.1, 0.15) is 30.8 Å². The van der Waals surface area contributed by atoms with Gasteiger partial charge < -0.3 is 45.8 Å². The third-order valence-electron chi connectivity index (χ3n) is 11.1. The van der Waals surface area contributed by atoms with Gasteiger partial charge in [-0.2, -0.15) is 0 Å². The van der Waals surface area contributed by atoms with Crippen molar-refractivity contribution in [3.05, 3.63) is 153 Å². The summed E-state index contributed by atoms with van der Waals surface area (Å²) in [6, 6.07) is 30.0. The molecule has 61 heavy (non-hydrogen) atoms. The van der Waals surface area contributed by atoms with Crippen LogP contribution in [0.1, 0.15) is 64.0 Å². The van der Waals surface area contributed by atoms with Crippen molar-refractivity contribution < 1.29 is 34.0 Å². The molecule has 1 amide bonds. The third-order valence-corrected chi connectivity index (χ3v) is 11.1. The minimum Gasteiger partial charge on any atom is -0.506 e. The van der Waals surface area contributed by atoms with Crippen LogP contribution in [0.5, 0.6) is 11.5 Å². The Balaban J connectivity index is 0.836. The second-order valence-electron chi connectivity index (χ2n) is 15.3. The van der Waals surface area contributed by atoms with Crippen molar-refractivity contribution >= 4 is 29.2 Å². The number of benzene rings is 4. The Kier molecular flexibility index (Phi) is 14.4. The first kappa shape index (κ1) is 42.6. The molecule has 2 bridgehead atoms. The number of rotatable bonds is 18. The van der Waals surface area contributed by atoms with Gasteiger partial charge in [-0.3, -0.25) is 14.7 Å². The predicted octanol–water partition coefficient (Wildman–Crippen LogP) is 5.51. The molecule has 0 unspecified atom stereocenters. The molecule has 14 nitrogen and oxygen atoms in total. The molecule has 0 aliphatic carbocycles. The summed E-state index contributed by atoms with van der Waals surface area (Å²) < 4.78 is 17.6. The highest BCUT2D eigenvalue weighted by molar-refractivity contribution is 5.90. The van der Waals surface area contributed by atoms with Crippen molar-refractivity contribution in [1.29, 1.82) is 0 Å². The molecule has 7 N–H and O–H groups in total. The molecule has 3 aliphatic rings. The lowest BCUT2D eigenvalue weighted by Gasteiger charge is -2.43. The fraction of sp³-hybridized carbons (Fsp3) is 0.319. The average molecular weight is 829 g/mol. The number of carbonyl (C=O) groups is 2. The maximum atomic E-state index is 13.2. The van der Waals surface area contributed by atoms with Crippen molar-refractivity contribution in [2.45, 2.75) is 44.1 Å². The van der Waals surface area contributed by atoms with Gasteiger partial charge in [0.15, 0.2) is 0 Å². The number of alkyl carbamates (subject to hydrolysis) is 1. The molecule has 318 valence electrons. The highest BCUT2D eigenvalue weighted by Gasteiger charge is 2.37. The van der Waals surface area contributed by atoms with E-state index in [1.165, 1.54) is 18.3 Å². The van der Waals surface area contributed by atoms with E-state index in [1.54, 1.807) is 30.5 Å². The highest BCUT2D eigenvalue weighted by Crippen LogP contribution is 2.31. The van der Waals surface area contributed by atoms with Crippen molar-refractivity contribution in [2.24, 2.45) is 16.6 Å². The number of phenolic OH excluding ortho intramolecular Hbond substituents is 1. The number of amides is 1. The summed E-state index contributed by atoms with van der Waals surface area (Å²) in [5.74, 6) is 0.477. The van der Waals surface area contributed by atoms with E-state index in [9.17, 15) is 24.6 Å². The van der Waals surface area contributed by atoms with Crippen LogP contribution < -0.4 is 26.7 Å². The Morgan fingerprint density at radius 1 is 0.967 bits per heavy atom. The molecule has 3 aliphatic heterocycles. The Bertz CT molecular complexity index is 2380. The third kappa shape index (κ3) is 11.4. The van der Waals surface area contributed by atoms with E-state index in [0.29, 0.717) is 53.3 Å². The zero-order valence-corrected chi connectivity index (χ0v) is 33.9. The molecular weight excluding hydrogens is 777 g/mol. The number of ether oxygens (including phenoxy) is 3. The first-order valence-corrected chi connectivity index (χ1v) is 20.6. The number of hydrogen-bond donors (Lipinski definition) is 6. The van der Waals surface area contributed by atoms with E-state index < -0.39 is 24.2 Å². The number of fused-ring (bicyclic) bond motifs is 4. The number of aromatic hydroxyl groups is 1. The summed E-state index contributed by atoms with van der Waals surface area (Å²) in [5, 5.41) is 27.7. The number of aromatic amines is 1. The van der Waals surface area contributed by atoms with Crippen LogP contribution in [-0.4, -0.2) is 90.4 Å². The molecule has 0 radical (unpaired) electrons. The van der Waals surface area contributed by atoms with E-state index in [1.807, 2.05) is 66.7 Å². The Morgan fingerprint density at radius 3 is 2.51 bits per heavy atom. The van der Waals surface area contributed by atoms with E-state index in [-0.39, 0.29) is 42.7 Å². The number of H-pyrrole nitrogens is 1. The number of nitrogens with two attached hydrogens (primary N) is 1. The van der Waals surface area contributed by atoms with Crippen LogP contribution in [0.2, 0.25) is 0 Å². The molecule has 4 heterocycles. The van der Waals surface area contributed by atoms with E-state index in [4.69, 9.17) is 19.9 Å². The number of piperidine rings is 3. The standard InChI is InChI=1S/C47H52N6O8/c48-25-32(26-49-20-5-21-50-27-41(55)38-14-16-40(54)45-39(38)15-17-43(56)51-45)30-60-46(57)35-12-10-31(11-13-35)29-59-37-9-4-8-36(24-37)44(34-6-2-1-3-7-34)52-47(58)61-42-28-53-22-18-33(42)19-23-53/h1-4,6-17,24-26,33,41-42,44,50,54-55H,5,18-23,27-30,48H2,(H,51,56)(H,52,58)/t41-,42-,44-/m0/s1. The van der Waals surface area contributed by atoms with Crippen molar-refractivity contribution in [2.75, 3.05) is 45.9 Å². The van der Waals surface area contributed by atoms with Crippen LogP contribution in [0.3, 0.4) is 0 Å². The molecule has 1 aromatic heterocycles. The normalized spacial score (nSPS) is 18.4. The van der Waals surface area contributed by atoms with Crippen LogP contribution in [0.15, 0.2) is 125 Å². The summed E-state index contributed by atoms with van der Waals surface area (Å²) in [6.07, 6.45) is 4.33. The summed E-state index contributed by atoms with van der Waals surface area (Å²) in [6.45, 7) is 4.46. The van der Waals surface area contributed by atoms with Gasteiger partial charge in [-0.15, -0.1) is 0 Å². The van der Waals surface area contributed by atoms with Crippen molar-refractivity contribution in [3.63, 3.8) is 0 Å². The Hall–Kier alpha value is -6.48. The first-order valence-electron chi connectivity index (χ1n) is 20.6. The molecule has 0 spiro atoms. The maximum absolute atomic E-state index is 13.2. The summed E-state index contributed by atoms with van der Waals surface area (Å²) in [7, 11) is 0. The minimum atomic E-state index is -0.853. The lowest BCUT2D eigenvalue weighted by Crippen LogP contribution is -2.52. The van der Waals surface area contributed by atoms with Gasteiger partial charge in [0.2, 0.25) is 5.56 Å². The van der Waals surface area contributed by atoms with E-state index in [0.717, 1.165) is 49.2 Å². The SMILES string of the molecule is NC=C(C=NCCCNC[C@H](O)c1ccc(O)c2[nH]c(=O)ccc12)COC(=O)c1ccc(COc2cccc([C@@H](NC(=O)O[C@H]3CN4CCC3CC4)c3ccccc3)c2)cc1. The van der Waals surface area contributed by atoms with Gasteiger partial charge in [-0.1, -0.05) is 60.7 Å². The quantitative estimate of drug-likeness (QED) is 0.0370. The van der Waals surface area contributed by atoms with Gasteiger partial charge >= 0.3 is 12.1 Å². The lowest BCUT2D eigenvalue weighted by molar-refractivity contribution is -0.0336. The maximum Gasteiger partial charge on any atom is 0.408 e. The van der Waals surface area contributed by atoms with Gasteiger partial charge in [0, 0.05) is 49.1 Å². The van der Waals surface area contributed by atoms with Crippen LogP contribution in [0.4, 0.5) is 4.79 Å². The van der Waals surface area contributed by atoms with Crippen LogP contribution in [-0.2, 0) is 16.1 Å². The number of esters is 1. The molecule has 5 aromatic rings. The van der Waals surface area contributed by atoms with Crippen LogP contribution in [0.25, 0.3) is 10.9 Å². The lowest BCUT2D eigenvalue weighted by atomic mass is 9.86. The molecule has 0 saturated carbocycles. The first-order chi connectivity index (χ1) is 29.7. The Morgan fingerprint density at radius 2 is 1.75 bits per heavy atom. The van der Waals surface area contributed by atoms with E-state index in [2.05, 4.69) is 25.5 Å². The van der Waals surface area contributed by atoms with Crippen LogP contribution >= 0.6 is 0 Å². The monoisotopic (exact) mass is 828 g/mol. The largest absolute Gasteiger partial charge is 0.506 e. The van der Waals surface area contributed by atoms with Gasteiger partial charge in [-0.05, 0) is 103 Å². The summed E-state index contributed by atoms with van der Waals surface area (Å²) in [5.41, 5.74) is 9.86. The number of aliphatic hydroxyl groups excluding tert-OH is 1. The summed E-state index contributed by atoms with van der Waals surface area (Å²) >= 11 is 0.